The fourth-order valence-corrected chi connectivity index (χ4v) is 17.6. The van der Waals surface area contributed by atoms with Crippen molar-refractivity contribution in [1.82, 2.24) is 69.2 Å². The molecule has 24 nitrogen and oxygen atoms in total. The van der Waals surface area contributed by atoms with Gasteiger partial charge in [-0.3, -0.25) is 51.9 Å². The minimum absolute atomic E-state index is 0.0379. The van der Waals surface area contributed by atoms with Crippen LogP contribution in [-0.2, 0) is 11.3 Å². The molecule has 0 aliphatic carbocycles. The molecule has 103 heavy (non-hydrogen) atoms. The van der Waals surface area contributed by atoms with Crippen molar-refractivity contribution in [2.45, 2.75) is 52.0 Å². The molecule has 0 atom stereocenters. The van der Waals surface area contributed by atoms with E-state index in [9.17, 15) is 28.8 Å². The molecule has 0 saturated carbocycles. The molecule has 10 aromatic heterocycles. The van der Waals surface area contributed by atoms with E-state index in [-0.39, 0.29) is 51.5 Å². The maximum atomic E-state index is 15.5. The molecule has 4 aliphatic heterocycles. The lowest BCUT2D eigenvalue weighted by Gasteiger charge is -2.27. The highest BCUT2D eigenvalue weighted by Crippen LogP contribution is 2.36. The molecule has 4 fully saturated rings. The number of halogens is 1. The van der Waals surface area contributed by atoms with Crippen molar-refractivity contribution in [3.8, 4) is 0 Å². The number of fused-ring (bicyclic) bond motifs is 15. The minimum atomic E-state index is -0.570. The number of aryl methyl sites for hydroxylation is 1. The zero-order valence-corrected chi connectivity index (χ0v) is 60.0. The summed E-state index contributed by atoms with van der Waals surface area (Å²) in [4.78, 5) is 116. The summed E-state index contributed by atoms with van der Waals surface area (Å²) < 4.78 is 29.3. The Morgan fingerprint density at radius 2 is 1.04 bits per heavy atom. The summed E-state index contributed by atoms with van der Waals surface area (Å²) in [6, 6.07) is 32.4. The lowest BCUT2D eigenvalue weighted by atomic mass is 10.1. The van der Waals surface area contributed by atoms with E-state index in [1.165, 1.54) is 40.1 Å². The van der Waals surface area contributed by atoms with Crippen LogP contribution in [0.4, 0.5) is 21.8 Å². The second kappa shape index (κ2) is 30.2. The summed E-state index contributed by atoms with van der Waals surface area (Å²) in [6.45, 7) is 14.5. The number of likely N-dealkylation sites (tertiary alicyclic amines) is 1. The van der Waals surface area contributed by atoms with Crippen LogP contribution in [0, 0.1) is 12.7 Å². The number of anilines is 3. The third kappa shape index (κ3) is 13.6. The molecule has 0 unspecified atom stereocenters. The van der Waals surface area contributed by atoms with Gasteiger partial charge in [-0.05, 0) is 139 Å². The summed E-state index contributed by atoms with van der Waals surface area (Å²) >= 11 is 4.28. The Kier molecular flexibility index (Phi) is 20.2. The number of methoxy groups -OCH3 is 1. The van der Waals surface area contributed by atoms with Crippen molar-refractivity contribution >= 4 is 147 Å². The molecule has 4 saturated heterocycles. The van der Waals surface area contributed by atoms with Gasteiger partial charge < -0.3 is 50.5 Å². The normalized spacial score (nSPS) is 15.8. The van der Waals surface area contributed by atoms with Crippen molar-refractivity contribution in [2.75, 3.05) is 134 Å². The number of aromatic nitrogens is 8. The van der Waals surface area contributed by atoms with Gasteiger partial charge >= 0.3 is 0 Å². The van der Waals surface area contributed by atoms with Gasteiger partial charge in [0.1, 0.15) is 42.8 Å². The second-order valence-electron chi connectivity index (χ2n) is 26.2. The molecule has 3 amide bonds. The summed E-state index contributed by atoms with van der Waals surface area (Å²) in [5.41, 5.74) is 4.99. The second-order valence-corrected chi connectivity index (χ2v) is 29.3. The van der Waals surface area contributed by atoms with Crippen LogP contribution in [0.25, 0.3) is 78.2 Å². The van der Waals surface area contributed by atoms with E-state index >= 15 is 4.39 Å². The van der Waals surface area contributed by atoms with Crippen LogP contribution < -0.4 is 52.3 Å². The average Bonchev–Trinajstić information content (AvgIpc) is 1.65. The van der Waals surface area contributed by atoms with E-state index < -0.39 is 17.2 Å². The molecule has 3 aromatic carbocycles. The van der Waals surface area contributed by atoms with Crippen molar-refractivity contribution < 1.29 is 23.5 Å². The number of rotatable bonds is 11. The number of para-hydroxylation sites is 3. The number of pyridine rings is 6. The highest BCUT2D eigenvalue weighted by molar-refractivity contribution is 7.25. The molecule has 28 heteroatoms. The molecule has 13 aromatic rings. The van der Waals surface area contributed by atoms with E-state index in [4.69, 9.17) is 19.7 Å². The summed E-state index contributed by atoms with van der Waals surface area (Å²) in [5, 5.41) is 13.5. The van der Waals surface area contributed by atoms with Gasteiger partial charge in [0.05, 0.1) is 77.5 Å². The Bertz CT molecular complexity index is 5600. The number of piperidine rings is 1. The molecule has 4 aliphatic rings. The fourth-order valence-electron chi connectivity index (χ4n) is 14.1. The molecule has 4 N–H and O–H groups in total. The number of nitrogens with one attached hydrogen (secondary N) is 4. The van der Waals surface area contributed by atoms with Gasteiger partial charge in [0.25, 0.3) is 17.7 Å². The Morgan fingerprint density at radius 3 is 1.59 bits per heavy atom. The van der Waals surface area contributed by atoms with E-state index in [0.29, 0.717) is 92.8 Å². The SMILES string of the molecule is COCCNC(=O)c1c(=O)c2ccc(N3CCCNCC3)nc2n2c1sc1ccccc12.Cc1cnc(CNC(=O)c2c(=O)c3cc(F)c(N4CCCN(C)CC4)nc3n3c2sc2ccccc23)cn1.O=C(c1c(=O)c2ccc(N3CCCNCC3)nc2n2c1sc1ccccc12)N1CCCCC1. The molecular weight excluding hydrogens is 1370 g/mol. The lowest BCUT2D eigenvalue weighted by molar-refractivity contribution is 0.0724. The summed E-state index contributed by atoms with van der Waals surface area (Å²) in [5.74, 6) is 0.301. The number of carbonyl (C=O) groups is 3. The Hall–Kier alpha value is -9.94. The van der Waals surface area contributed by atoms with Crippen LogP contribution in [0.5, 0.6) is 0 Å². The van der Waals surface area contributed by atoms with Crippen LogP contribution >= 0.6 is 34.0 Å². The maximum absolute atomic E-state index is 15.5. The van der Waals surface area contributed by atoms with Crippen LogP contribution in [0.3, 0.4) is 0 Å². The molecule has 0 bridgehead atoms. The Labute approximate surface area is 602 Å². The van der Waals surface area contributed by atoms with Crippen molar-refractivity contribution in [3.05, 3.63) is 180 Å². The predicted molar refractivity (Wildman–Crippen MR) is 409 cm³/mol. The molecule has 530 valence electrons. The van der Waals surface area contributed by atoms with E-state index in [0.717, 1.165) is 152 Å². The molecule has 0 radical (unpaired) electrons. The Morgan fingerprint density at radius 1 is 0.524 bits per heavy atom. The van der Waals surface area contributed by atoms with E-state index in [1.807, 2.05) is 134 Å². The standard InChI is InChI=1S/C27H26FN7O2S.C25H27N5O2S.C23H25N5O3S/c1-16-13-30-17(14-29-16)15-31-26(37)22-23(36)18-12-19(28)25(34-9-5-8-33(2)10-11-34)32-24(18)35-20-6-3-4-7-21(20)38-27(22)35;31-22-17-9-10-20(28-15-6-11-26-12-16-28)27-23(17)30-18-7-2-3-8-19(18)33-25(30)21(22)24(32)29-13-4-1-5-14-29;1-31-14-11-25-22(30)19-20(29)15-7-8-18(27-12-4-9-24-10-13-27)26-21(15)28-16-5-2-3-6-17(16)32-23(19)28/h3-4,6-7,12-14H,5,8-11,15H2,1-2H3,(H,31,37);2-3,7-10,26H,1,4-6,11-16H2;2-3,5-8,24H,4,9-14H2,1H3,(H,25,30). The number of thiazole rings is 3. The number of ether oxygens (including phenoxy) is 1. The minimum Gasteiger partial charge on any atom is -0.383 e. The fraction of sp³-hybridized carbons (Fsp3) is 0.347. The van der Waals surface area contributed by atoms with E-state index in [2.05, 4.69) is 45.9 Å². The number of nitrogens with zero attached hydrogens (tertiary/aromatic N) is 13. The van der Waals surface area contributed by atoms with Gasteiger partial charge in [-0.15, -0.1) is 34.0 Å². The number of hydrogen-bond acceptors (Lipinski definition) is 21. The zero-order chi connectivity index (χ0) is 70.8. The largest absolute Gasteiger partial charge is 0.383 e. The third-order valence-electron chi connectivity index (χ3n) is 19.4. The molecule has 17 rings (SSSR count). The lowest BCUT2D eigenvalue weighted by Crippen LogP contribution is -2.38. The first-order valence-electron chi connectivity index (χ1n) is 35.1. The highest BCUT2D eigenvalue weighted by Gasteiger charge is 2.31. The molecule has 14 heterocycles. The first-order chi connectivity index (χ1) is 50.3. The summed E-state index contributed by atoms with van der Waals surface area (Å²) in [7, 11) is 3.62. The van der Waals surface area contributed by atoms with Gasteiger partial charge in [0, 0.05) is 91.8 Å². The van der Waals surface area contributed by atoms with Gasteiger partial charge in [0.15, 0.2) is 28.6 Å². The monoisotopic (exact) mass is 1440 g/mol. The first kappa shape index (κ1) is 68.8. The van der Waals surface area contributed by atoms with Crippen molar-refractivity contribution in [3.63, 3.8) is 0 Å². The molecule has 0 spiro atoms. The summed E-state index contributed by atoms with van der Waals surface area (Å²) in [6.07, 6.45) is 9.30. The van der Waals surface area contributed by atoms with Crippen LogP contribution in [0.15, 0.2) is 130 Å². The smallest absolute Gasteiger partial charge is 0.260 e. The number of likely N-dealkylation sites (N-methyl/N-ethyl adjacent to an activating group) is 1. The van der Waals surface area contributed by atoms with Crippen LogP contribution in [0.2, 0.25) is 0 Å². The number of amides is 3. The third-order valence-corrected chi connectivity index (χ3v) is 22.8. The Balaban J connectivity index is 0.000000125. The topological polar surface area (TPSA) is 254 Å². The van der Waals surface area contributed by atoms with E-state index in [1.54, 1.807) is 19.5 Å². The van der Waals surface area contributed by atoms with Crippen LogP contribution in [-0.4, -0.2) is 185 Å². The van der Waals surface area contributed by atoms with Gasteiger partial charge in [-0.2, -0.15) is 0 Å². The quantitative estimate of drug-likeness (QED) is 0.0881. The average molecular weight is 1440 g/mol. The molecular formula is C75H78FN17O7S3. The first-order valence-corrected chi connectivity index (χ1v) is 37.5. The number of hydrogen-bond donors (Lipinski definition) is 4. The van der Waals surface area contributed by atoms with Gasteiger partial charge in [-0.25, -0.2) is 19.3 Å². The maximum Gasteiger partial charge on any atom is 0.260 e. The van der Waals surface area contributed by atoms with Gasteiger partial charge in [-0.1, -0.05) is 36.4 Å². The zero-order valence-electron chi connectivity index (χ0n) is 57.5. The highest BCUT2D eigenvalue weighted by atomic mass is 32.1. The number of benzene rings is 3. The van der Waals surface area contributed by atoms with Crippen LogP contribution in [0.1, 0.15) is 81.0 Å². The number of carbonyl (C=O) groups excluding carboxylic acids is 3. The van der Waals surface area contributed by atoms with Gasteiger partial charge in [0.2, 0.25) is 16.3 Å². The van der Waals surface area contributed by atoms with Crippen molar-refractivity contribution in [2.24, 2.45) is 0 Å². The van der Waals surface area contributed by atoms with Crippen molar-refractivity contribution in [1.29, 1.82) is 0 Å². The predicted octanol–water partition coefficient (Wildman–Crippen LogP) is 9.10.